The minimum absolute atomic E-state index is 0.107. The Kier molecular flexibility index (Phi) is 2.66. The summed E-state index contributed by atoms with van der Waals surface area (Å²) in [7, 11) is 0. The van der Waals surface area contributed by atoms with E-state index < -0.39 is 12.3 Å². The molecule has 0 saturated carbocycles. The summed E-state index contributed by atoms with van der Waals surface area (Å²) in [6.07, 6.45) is 1.97. The van der Waals surface area contributed by atoms with E-state index in [1.165, 1.54) is 6.33 Å². The van der Waals surface area contributed by atoms with Crippen LogP contribution in [0.5, 0.6) is 0 Å². The maximum atomic E-state index is 9.96. The molecule has 4 N–H and O–H groups in total. The molecule has 1 fully saturated rings. The van der Waals surface area contributed by atoms with Gasteiger partial charge in [-0.2, -0.15) is 0 Å². The second-order valence-electron chi connectivity index (χ2n) is 4.35. The first-order valence-corrected chi connectivity index (χ1v) is 5.72. The van der Waals surface area contributed by atoms with Gasteiger partial charge in [-0.1, -0.05) is 0 Å². The maximum absolute atomic E-state index is 9.96. The SMILES string of the molecule is Nc1ncnc2c1ccn2[C@@H]1O[C@H](CO)CC1O. The van der Waals surface area contributed by atoms with Crippen molar-refractivity contribution in [1.82, 2.24) is 14.5 Å². The zero-order valence-electron chi connectivity index (χ0n) is 9.60. The van der Waals surface area contributed by atoms with Crippen LogP contribution in [0.25, 0.3) is 11.0 Å². The fraction of sp³-hybridized carbons (Fsp3) is 0.455. The molecule has 3 atom stereocenters. The average molecular weight is 250 g/mol. The molecular formula is C11H14N4O3. The predicted octanol–water partition coefficient (Wildman–Crippen LogP) is -0.346. The number of nitrogens with two attached hydrogens (primary N) is 1. The standard InChI is InChI=1S/C11H14N4O3/c12-9-7-1-2-15(10(7)14-5-13-9)11-8(17)3-6(4-16)18-11/h1-2,5-6,8,11,16-17H,3-4H2,(H2,12,13,14)/t6-,8?,11+/m0/s1. The van der Waals surface area contributed by atoms with Crippen molar-refractivity contribution in [3.05, 3.63) is 18.6 Å². The number of rotatable bonds is 2. The van der Waals surface area contributed by atoms with E-state index >= 15 is 0 Å². The van der Waals surface area contributed by atoms with Crippen LogP contribution >= 0.6 is 0 Å². The Morgan fingerprint density at radius 1 is 1.50 bits per heavy atom. The highest BCUT2D eigenvalue weighted by molar-refractivity contribution is 5.86. The number of anilines is 1. The number of aliphatic hydroxyl groups excluding tert-OH is 2. The van der Waals surface area contributed by atoms with E-state index in [0.29, 0.717) is 17.9 Å². The molecule has 2 aromatic heterocycles. The number of fused-ring (bicyclic) bond motifs is 1. The Labute approximate surface area is 103 Å². The van der Waals surface area contributed by atoms with Gasteiger partial charge in [0.15, 0.2) is 6.23 Å². The molecule has 96 valence electrons. The Hall–Kier alpha value is -1.70. The Balaban J connectivity index is 2.02. The van der Waals surface area contributed by atoms with Gasteiger partial charge in [0.1, 0.15) is 23.9 Å². The van der Waals surface area contributed by atoms with Crippen LogP contribution in [0.15, 0.2) is 18.6 Å². The molecule has 18 heavy (non-hydrogen) atoms. The van der Waals surface area contributed by atoms with Crippen molar-refractivity contribution in [2.75, 3.05) is 12.3 Å². The molecule has 0 aliphatic carbocycles. The minimum Gasteiger partial charge on any atom is -0.394 e. The van der Waals surface area contributed by atoms with Crippen LogP contribution in [0, 0.1) is 0 Å². The lowest BCUT2D eigenvalue weighted by atomic mass is 10.2. The van der Waals surface area contributed by atoms with Gasteiger partial charge in [-0.3, -0.25) is 0 Å². The molecule has 1 unspecified atom stereocenters. The molecule has 1 aliphatic rings. The van der Waals surface area contributed by atoms with Gasteiger partial charge in [0, 0.05) is 12.6 Å². The highest BCUT2D eigenvalue weighted by Crippen LogP contribution is 2.31. The van der Waals surface area contributed by atoms with Gasteiger partial charge in [-0.15, -0.1) is 0 Å². The molecule has 2 aromatic rings. The molecule has 1 saturated heterocycles. The second kappa shape index (κ2) is 4.20. The zero-order chi connectivity index (χ0) is 12.7. The molecule has 0 radical (unpaired) electrons. The smallest absolute Gasteiger partial charge is 0.161 e. The number of hydrogen-bond donors (Lipinski definition) is 3. The van der Waals surface area contributed by atoms with Crippen LogP contribution in [-0.2, 0) is 4.74 Å². The van der Waals surface area contributed by atoms with Crippen LogP contribution in [0.2, 0.25) is 0 Å². The number of hydrogen-bond acceptors (Lipinski definition) is 6. The van der Waals surface area contributed by atoms with Crippen molar-refractivity contribution < 1.29 is 14.9 Å². The van der Waals surface area contributed by atoms with Crippen molar-refractivity contribution in [2.45, 2.75) is 24.9 Å². The number of nitrogen functional groups attached to an aromatic ring is 1. The number of aromatic nitrogens is 3. The molecule has 0 bridgehead atoms. The van der Waals surface area contributed by atoms with Crippen LogP contribution in [0.3, 0.4) is 0 Å². The van der Waals surface area contributed by atoms with Crippen molar-refractivity contribution in [1.29, 1.82) is 0 Å². The third-order valence-electron chi connectivity index (χ3n) is 3.18. The van der Waals surface area contributed by atoms with E-state index in [4.69, 9.17) is 15.6 Å². The van der Waals surface area contributed by atoms with Crippen LogP contribution in [0.1, 0.15) is 12.6 Å². The first-order chi connectivity index (χ1) is 8.70. The topological polar surface area (TPSA) is 106 Å². The van der Waals surface area contributed by atoms with Crippen molar-refractivity contribution in [3.63, 3.8) is 0 Å². The van der Waals surface area contributed by atoms with E-state index in [0.717, 1.165) is 5.39 Å². The van der Waals surface area contributed by atoms with E-state index in [2.05, 4.69) is 9.97 Å². The number of aliphatic hydroxyl groups is 2. The summed E-state index contributed by atoms with van der Waals surface area (Å²) in [6.45, 7) is -0.107. The zero-order valence-corrected chi connectivity index (χ0v) is 9.60. The summed E-state index contributed by atoms with van der Waals surface area (Å²) in [6, 6.07) is 1.78. The summed E-state index contributed by atoms with van der Waals surface area (Å²) in [5.41, 5.74) is 6.36. The van der Waals surface area contributed by atoms with E-state index in [9.17, 15) is 5.11 Å². The first kappa shape index (κ1) is 11.4. The first-order valence-electron chi connectivity index (χ1n) is 5.72. The fourth-order valence-electron chi connectivity index (χ4n) is 2.29. The molecular weight excluding hydrogens is 236 g/mol. The van der Waals surface area contributed by atoms with Gasteiger partial charge in [-0.25, -0.2) is 9.97 Å². The molecule has 3 heterocycles. The Morgan fingerprint density at radius 2 is 2.33 bits per heavy atom. The van der Waals surface area contributed by atoms with Crippen molar-refractivity contribution >= 4 is 16.9 Å². The molecule has 3 rings (SSSR count). The van der Waals surface area contributed by atoms with Crippen molar-refractivity contribution in [2.24, 2.45) is 0 Å². The molecule has 0 amide bonds. The Bertz CT molecular complexity index is 570. The third-order valence-corrected chi connectivity index (χ3v) is 3.18. The minimum atomic E-state index is -0.672. The van der Waals surface area contributed by atoms with Gasteiger partial charge < -0.3 is 25.3 Å². The Morgan fingerprint density at radius 3 is 3.06 bits per heavy atom. The van der Waals surface area contributed by atoms with Gasteiger partial charge >= 0.3 is 0 Å². The summed E-state index contributed by atoms with van der Waals surface area (Å²) in [5, 5.41) is 19.7. The number of ether oxygens (including phenoxy) is 1. The number of nitrogens with zero attached hydrogens (tertiary/aromatic N) is 3. The average Bonchev–Trinajstić information content (AvgIpc) is 2.93. The third kappa shape index (κ3) is 1.64. The molecule has 0 spiro atoms. The summed E-state index contributed by atoms with van der Waals surface area (Å²) in [4.78, 5) is 8.06. The predicted molar refractivity (Wildman–Crippen MR) is 63.6 cm³/mol. The molecule has 7 heteroatoms. The van der Waals surface area contributed by atoms with Gasteiger partial charge in [0.25, 0.3) is 0 Å². The highest BCUT2D eigenvalue weighted by atomic mass is 16.5. The largest absolute Gasteiger partial charge is 0.394 e. The van der Waals surface area contributed by atoms with E-state index in [1.54, 1.807) is 16.8 Å². The van der Waals surface area contributed by atoms with E-state index in [-0.39, 0.29) is 12.7 Å². The van der Waals surface area contributed by atoms with Gasteiger partial charge in [0.2, 0.25) is 0 Å². The lowest BCUT2D eigenvalue weighted by Gasteiger charge is -2.17. The summed E-state index contributed by atoms with van der Waals surface area (Å²) < 4.78 is 7.29. The van der Waals surface area contributed by atoms with Crippen LogP contribution in [0.4, 0.5) is 5.82 Å². The molecule has 1 aliphatic heterocycles. The monoisotopic (exact) mass is 250 g/mol. The fourth-order valence-corrected chi connectivity index (χ4v) is 2.29. The van der Waals surface area contributed by atoms with E-state index in [1.807, 2.05) is 0 Å². The summed E-state index contributed by atoms with van der Waals surface area (Å²) >= 11 is 0. The lowest BCUT2D eigenvalue weighted by molar-refractivity contribution is -0.0484. The quantitative estimate of drug-likeness (QED) is 0.673. The van der Waals surface area contributed by atoms with Gasteiger partial charge in [-0.05, 0) is 6.07 Å². The second-order valence-corrected chi connectivity index (χ2v) is 4.35. The summed E-state index contributed by atoms with van der Waals surface area (Å²) in [5.74, 6) is 0.393. The lowest BCUT2D eigenvalue weighted by Crippen LogP contribution is -2.19. The van der Waals surface area contributed by atoms with Crippen LogP contribution in [-0.4, -0.2) is 43.6 Å². The maximum Gasteiger partial charge on any atom is 0.161 e. The van der Waals surface area contributed by atoms with Gasteiger partial charge in [0.05, 0.1) is 18.1 Å². The molecule has 0 aromatic carbocycles. The van der Waals surface area contributed by atoms with Crippen molar-refractivity contribution in [3.8, 4) is 0 Å². The highest BCUT2D eigenvalue weighted by Gasteiger charge is 2.35. The normalized spacial score (nSPS) is 28.0. The molecule has 7 nitrogen and oxygen atoms in total. The van der Waals surface area contributed by atoms with Crippen LogP contribution < -0.4 is 5.73 Å².